The van der Waals surface area contributed by atoms with Crippen molar-refractivity contribution in [3.63, 3.8) is 0 Å². The molecule has 1 N–H and O–H groups in total. The third-order valence-corrected chi connectivity index (χ3v) is 4.69. The van der Waals surface area contributed by atoms with E-state index in [1.165, 1.54) is 0 Å². The second-order valence-electron chi connectivity index (χ2n) is 6.59. The monoisotopic (exact) mass is 367 g/mol. The number of H-pyrrole nitrogens is 1. The largest absolute Gasteiger partial charge is 0.485 e. The highest BCUT2D eigenvalue weighted by Crippen LogP contribution is 2.32. The summed E-state index contributed by atoms with van der Waals surface area (Å²) in [7, 11) is 0. The van der Waals surface area contributed by atoms with Gasteiger partial charge in [0.1, 0.15) is 5.75 Å². The molecule has 0 bridgehead atoms. The van der Waals surface area contributed by atoms with E-state index < -0.39 is 0 Å². The fraction of sp³-hybridized carbons (Fsp3) is 0.368. The maximum absolute atomic E-state index is 13.1. The second-order valence-corrected chi connectivity index (χ2v) is 6.59. The highest BCUT2D eigenvalue weighted by atomic mass is 16.5. The van der Waals surface area contributed by atoms with Crippen molar-refractivity contribution in [3.8, 4) is 5.75 Å². The minimum absolute atomic E-state index is 0.00163. The standard InChI is InChI=1S/C19H21N5O3/c1-13-22-18(23-27-13)12-26-16-6-4-5-14(9-16)19(25)24-8-3-2-7-17(24)15-10-20-21-11-15/h4-6,9-11,17H,2-3,7-8,12H2,1H3,(H,20,21). The fourth-order valence-corrected chi connectivity index (χ4v) is 3.40. The van der Waals surface area contributed by atoms with Gasteiger partial charge in [0.25, 0.3) is 5.91 Å². The Hall–Kier alpha value is -3.16. The van der Waals surface area contributed by atoms with Crippen LogP contribution in [0.2, 0.25) is 0 Å². The highest BCUT2D eigenvalue weighted by molar-refractivity contribution is 5.95. The van der Waals surface area contributed by atoms with Gasteiger partial charge in [0.05, 0.1) is 12.2 Å². The molecule has 2 aromatic heterocycles. The number of benzene rings is 1. The van der Waals surface area contributed by atoms with Gasteiger partial charge in [0.2, 0.25) is 11.7 Å². The molecule has 27 heavy (non-hydrogen) atoms. The van der Waals surface area contributed by atoms with Crippen molar-refractivity contribution in [1.29, 1.82) is 0 Å². The number of nitrogens with zero attached hydrogens (tertiary/aromatic N) is 4. The maximum Gasteiger partial charge on any atom is 0.254 e. The Morgan fingerprint density at radius 3 is 3.11 bits per heavy atom. The third kappa shape index (κ3) is 3.84. The lowest BCUT2D eigenvalue weighted by atomic mass is 9.96. The molecule has 3 aromatic rings. The van der Waals surface area contributed by atoms with E-state index in [4.69, 9.17) is 9.26 Å². The summed E-state index contributed by atoms with van der Waals surface area (Å²) in [4.78, 5) is 19.2. The first-order chi connectivity index (χ1) is 13.2. The van der Waals surface area contributed by atoms with Gasteiger partial charge in [0.15, 0.2) is 6.61 Å². The number of rotatable bonds is 5. The fourth-order valence-electron chi connectivity index (χ4n) is 3.40. The summed E-state index contributed by atoms with van der Waals surface area (Å²) in [5, 5.41) is 10.7. The van der Waals surface area contributed by atoms with Crippen molar-refractivity contribution in [3.05, 3.63) is 59.5 Å². The number of hydrogen-bond donors (Lipinski definition) is 1. The smallest absolute Gasteiger partial charge is 0.254 e. The molecule has 8 nitrogen and oxygen atoms in total. The minimum atomic E-state index is 0.00163. The lowest BCUT2D eigenvalue weighted by Gasteiger charge is -2.35. The predicted molar refractivity (Wildman–Crippen MR) is 96.0 cm³/mol. The number of nitrogens with one attached hydrogen (secondary N) is 1. The van der Waals surface area contributed by atoms with Crippen molar-refractivity contribution >= 4 is 5.91 Å². The zero-order valence-electron chi connectivity index (χ0n) is 15.1. The van der Waals surface area contributed by atoms with Crippen LogP contribution in [0, 0.1) is 6.92 Å². The third-order valence-electron chi connectivity index (χ3n) is 4.69. The van der Waals surface area contributed by atoms with Crippen molar-refractivity contribution in [2.24, 2.45) is 0 Å². The van der Waals surface area contributed by atoms with E-state index in [0.29, 0.717) is 23.0 Å². The van der Waals surface area contributed by atoms with Crippen LogP contribution in [0.15, 0.2) is 41.2 Å². The molecule has 1 saturated heterocycles. The van der Waals surface area contributed by atoms with Gasteiger partial charge in [-0.15, -0.1) is 0 Å². The molecule has 0 saturated carbocycles. The normalized spacial score (nSPS) is 17.1. The molecule has 1 atom stereocenters. The Bertz CT molecular complexity index is 906. The lowest BCUT2D eigenvalue weighted by Crippen LogP contribution is -2.38. The molecule has 1 aliphatic heterocycles. The number of carbonyl (C=O) groups is 1. The molecule has 0 aliphatic carbocycles. The van der Waals surface area contributed by atoms with Crippen LogP contribution < -0.4 is 4.74 Å². The molecule has 4 rings (SSSR count). The summed E-state index contributed by atoms with van der Waals surface area (Å²) >= 11 is 0. The highest BCUT2D eigenvalue weighted by Gasteiger charge is 2.29. The number of likely N-dealkylation sites (tertiary alicyclic amines) is 1. The number of amides is 1. The summed E-state index contributed by atoms with van der Waals surface area (Å²) < 4.78 is 10.6. The summed E-state index contributed by atoms with van der Waals surface area (Å²) in [5.74, 6) is 1.56. The van der Waals surface area contributed by atoms with Crippen LogP contribution in [0.3, 0.4) is 0 Å². The van der Waals surface area contributed by atoms with E-state index in [9.17, 15) is 4.79 Å². The van der Waals surface area contributed by atoms with Gasteiger partial charge in [-0.2, -0.15) is 10.1 Å². The number of ether oxygens (including phenoxy) is 1. The van der Waals surface area contributed by atoms with Gasteiger partial charge in [-0.05, 0) is 37.5 Å². The topological polar surface area (TPSA) is 97.1 Å². The van der Waals surface area contributed by atoms with Gasteiger partial charge in [-0.1, -0.05) is 11.2 Å². The first-order valence-corrected chi connectivity index (χ1v) is 9.02. The van der Waals surface area contributed by atoms with Gasteiger partial charge in [-0.25, -0.2) is 0 Å². The number of carbonyl (C=O) groups excluding carboxylic acids is 1. The number of aromatic amines is 1. The number of piperidine rings is 1. The zero-order chi connectivity index (χ0) is 18.6. The maximum atomic E-state index is 13.1. The molecule has 1 aromatic carbocycles. The number of hydrogen-bond acceptors (Lipinski definition) is 6. The van der Waals surface area contributed by atoms with Gasteiger partial charge in [0, 0.05) is 30.8 Å². The van der Waals surface area contributed by atoms with Crippen molar-refractivity contribution in [2.45, 2.75) is 38.8 Å². The van der Waals surface area contributed by atoms with Crippen LogP contribution in [-0.2, 0) is 6.61 Å². The molecule has 3 heterocycles. The summed E-state index contributed by atoms with van der Waals surface area (Å²) in [5.41, 5.74) is 1.65. The first kappa shape index (κ1) is 17.3. The zero-order valence-corrected chi connectivity index (χ0v) is 15.1. The predicted octanol–water partition coefficient (Wildman–Crippen LogP) is 3.05. The van der Waals surface area contributed by atoms with Crippen LogP contribution >= 0.6 is 0 Å². The molecule has 8 heteroatoms. The Morgan fingerprint density at radius 1 is 1.41 bits per heavy atom. The van der Waals surface area contributed by atoms with Gasteiger partial charge < -0.3 is 14.2 Å². The minimum Gasteiger partial charge on any atom is -0.485 e. The molecule has 1 unspecified atom stereocenters. The molecular weight excluding hydrogens is 346 g/mol. The van der Waals surface area contributed by atoms with Crippen molar-refractivity contribution < 1.29 is 14.1 Å². The Balaban J connectivity index is 1.49. The van der Waals surface area contributed by atoms with E-state index >= 15 is 0 Å². The Morgan fingerprint density at radius 2 is 2.33 bits per heavy atom. The second kappa shape index (κ2) is 7.61. The lowest BCUT2D eigenvalue weighted by molar-refractivity contribution is 0.0611. The van der Waals surface area contributed by atoms with Crippen LogP contribution in [0.1, 0.15) is 52.9 Å². The number of aromatic nitrogens is 4. The van der Waals surface area contributed by atoms with Crippen LogP contribution in [-0.4, -0.2) is 37.7 Å². The quantitative estimate of drug-likeness (QED) is 0.744. The summed E-state index contributed by atoms with van der Waals surface area (Å²) in [6.07, 6.45) is 6.71. The molecule has 1 aliphatic rings. The van der Waals surface area contributed by atoms with Crippen molar-refractivity contribution in [2.75, 3.05) is 6.54 Å². The molecule has 1 amide bonds. The first-order valence-electron chi connectivity index (χ1n) is 9.02. The van der Waals surface area contributed by atoms with Gasteiger partial charge >= 0.3 is 0 Å². The molecule has 0 spiro atoms. The molecule has 1 fully saturated rings. The number of aryl methyl sites for hydroxylation is 1. The van der Waals surface area contributed by atoms with E-state index in [0.717, 1.165) is 31.4 Å². The van der Waals surface area contributed by atoms with E-state index in [-0.39, 0.29) is 18.6 Å². The summed E-state index contributed by atoms with van der Waals surface area (Å²) in [6, 6.07) is 7.26. The molecular formula is C19H21N5O3. The van der Waals surface area contributed by atoms with E-state index in [2.05, 4.69) is 20.3 Å². The van der Waals surface area contributed by atoms with Crippen LogP contribution in [0.5, 0.6) is 5.75 Å². The Labute approximate surface area is 156 Å². The SMILES string of the molecule is Cc1nc(COc2cccc(C(=O)N3CCCCC3c3cn[nH]c3)c2)no1. The van der Waals surface area contributed by atoms with Crippen LogP contribution in [0.25, 0.3) is 0 Å². The summed E-state index contributed by atoms with van der Waals surface area (Å²) in [6.45, 7) is 2.66. The van der Waals surface area contributed by atoms with E-state index in [1.54, 1.807) is 19.2 Å². The average Bonchev–Trinajstić information content (AvgIpc) is 3.38. The van der Waals surface area contributed by atoms with Crippen molar-refractivity contribution in [1.82, 2.24) is 25.2 Å². The molecule has 0 radical (unpaired) electrons. The van der Waals surface area contributed by atoms with E-state index in [1.807, 2.05) is 29.3 Å². The average molecular weight is 367 g/mol. The Kier molecular flexibility index (Phi) is 4.86. The molecule has 140 valence electrons. The van der Waals surface area contributed by atoms with Gasteiger partial charge in [-0.3, -0.25) is 9.89 Å². The van der Waals surface area contributed by atoms with Crippen LogP contribution in [0.4, 0.5) is 0 Å².